The summed E-state index contributed by atoms with van der Waals surface area (Å²) in [6, 6.07) is 4.77. The van der Waals surface area contributed by atoms with E-state index < -0.39 is 17.6 Å². The molecule has 1 aromatic carbocycles. The van der Waals surface area contributed by atoms with Gasteiger partial charge in [0.25, 0.3) is 5.91 Å². The van der Waals surface area contributed by atoms with Crippen molar-refractivity contribution >= 4 is 5.91 Å². The number of carbonyl (C=O) groups excluding carboxylic acids is 1. The van der Waals surface area contributed by atoms with Crippen LogP contribution in [0, 0.1) is 13.8 Å². The Balaban J connectivity index is 2.10. The van der Waals surface area contributed by atoms with Crippen LogP contribution in [0.1, 0.15) is 39.8 Å². The number of aryl methyl sites for hydroxylation is 2. The van der Waals surface area contributed by atoms with Crippen molar-refractivity contribution in [3.63, 3.8) is 0 Å². The molecule has 23 heavy (non-hydrogen) atoms. The maximum atomic E-state index is 12.8. The van der Waals surface area contributed by atoms with Crippen LogP contribution in [0.15, 0.2) is 24.3 Å². The third kappa shape index (κ3) is 4.34. The summed E-state index contributed by atoms with van der Waals surface area (Å²) in [5.41, 5.74) is 1.40. The minimum atomic E-state index is -4.47. The zero-order valence-electron chi connectivity index (χ0n) is 13.1. The van der Waals surface area contributed by atoms with Gasteiger partial charge in [0, 0.05) is 23.7 Å². The maximum Gasteiger partial charge on any atom is 0.416 e. The average Bonchev–Trinajstić information content (AvgIpc) is 2.82. The molecule has 1 heterocycles. The van der Waals surface area contributed by atoms with Gasteiger partial charge in [0.05, 0.1) is 11.3 Å². The number of H-pyrrole nitrogens is 1. The predicted octanol–water partition coefficient (Wildman–Crippen LogP) is 3.41. The first-order valence-corrected chi connectivity index (χ1v) is 7.16. The summed E-state index contributed by atoms with van der Waals surface area (Å²) in [6.45, 7) is 5.26. The summed E-state index contributed by atoms with van der Waals surface area (Å²) in [7, 11) is 0. The standard InChI is InChI=1S/C16H18F3N3O/c1-9-4-5-12(16(17,18)19)8-14(9)15(23)20-10(2)6-13-7-11(3)21-22-13/h4-5,7-8,10H,6H2,1-3H3,(H,20,23)(H,21,22)/t10-/m1/s1. The SMILES string of the molecule is Cc1cc(C[C@@H](C)NC(=O)c2cc(C(F)(F)F)ccc2C)n[nH]1. The van der Waals surface area contributed by atoms with Crippen molar-refractivity contribution in [2.24, 2.45) is 0 Å². The minimum absolute atomic E-state index is 0.0323. The van der Waals surface area contributed by atoms with Gasteiger partial charge in [0.2, 0.25) is 0 Å². The van der Waals surface area contributed by atoms with Crippen LogP contribution in [0.3, 0.4) is 0 Å². The van der Waals surface area contributed by atoms with E-state index in [0.29, 0.717) is 12.0 Å². The number of hydrogen-bond donors (Lipinski definition) is 2. The first-order valence-electron chi connectivity index (χ1n) is 7.16. The fourth-order valence-corrected chi connectivity index (χ4v) is 2.29. The molecule has 0 aliphatic rings. The second kappa shape index (κ2) is 6.44. The summed E-state index contributed by atoms with van der Waals surface area (Å²) >= 11 is 0. The number of alkyl halides is 3. The lowest BCUT2D eigenvalue weighted by Crippen LogP contribution is -2.34. The number of benzene rings is 1. The van der Waals surface area contributed by atoms with Crippen LogP contribution in [0.2, 0.25) is 0 Å². The van der Waals surface area contributed by atoms with Gasteiger partial charge in [-0.05, 0) is 44.5 Å². The highest BCUT2D eigenvalue weighted by Crippen LogP contribution is 2.30. The smallest absolute Gasteiger partial charge is 0.349 e. The van der Waals surface area contributed by atoms with E-state index in [9.17, 15) is 18.0 Å². The van der Waals surface area contributed by atoms with Gasteiger partial charge >= 0.3 is 6.18 Å². The molecule has 2 rings (SSSR count). The van der Waals surface area contributed by atoms with E-state index in [0.717, 1.165) is 23.5 Å². The van der Waals surface area contributed by atoms with Gasteiger partial charge in [0.1, 0.15) is 0 Å². The Morgan fingerprint density at radius 2 is 2.00 bits per heavy atom. The molecule has 0 radical (unpaired) electrons. The average molecular weight is 325 g/mol. The van der Waals surface area contributed by atoms with E-state index in [4.69, 9.17) is 0 Å². The number of hydrogen-bond acceptors (Lipinski definition) is 2. The highest BCUT2D eigenvalue weighted by molar-refractivity contribution is 5.96. The number of carbonyl (C=O) groups is 1. The van der Waals surface area contributed by atoms with E-state index in [-0.39, 0.29) is 11.6 Å². The van der Waals surface area contributed by atoms with Crippen molar-refractivity contribution in [3.8, 4) is 0 Å². The monoisotopic (exact) mass is 325 g/mol. The van der Waals surface area contributed by atoms with Crippen molar-refractivity contribution in [1.29, 1.82) is 0 Å². The van der Waals surface area contributed by atoms with Crippen molar-refractivity contribution in [1.82, 2.24) is 15.5 Å². The second-order valence-corrected chi connectivity index (χ2v) is 5.65. The third-order valence-electron chi connectivity index (χ3n) is 3.46. The first-order chi connectivity index (χ1) is 10.7. The van der Waals surface area contributed by atoms with Crippen LogP contribution in [0.4, 0.5) is 13.2 Å². The van der Waals surface area contributed by atoms with Gasteiger partial charge in [0.15, 0.2) is 0 Å². The van der Waals surface area contributed by atoms with Gasteiger partial charge in [-0.3, -0.25) is 9.89 Å². The molecular formula is C16H18F3N3O. The van der Waals surface area contributed by atoms with Crippen molar-refractivity contribution in [2.45, 2.75) is 39.4 Å². The highest BCUT2D eigenvalue weighted by Gasteiger charge is 2.31. The maximum absolute atomic E-state index is 12.8. The number of aromatic amines is 1. The summed E-state index contributed by atoms with van der Waals surface area (Å²) in [6.07, 6.45) is -3.98. The van der Waals surface area contributed by atoms with Crippen LogP contribution in [-0.2, 0) is 12.6 Å². The summed E-state index contributed by atoms with van der Waals surface area (Å²) in [5, 5.41) is 9.59. The van der Waals surface area contributed by atoms with Crippen LogP contribution in [0.5, 0.6) is 0 Å². The fraction of sp³-hybridized carbons (Fsp3) is 0.375. The van der Waals surface area contributed by atoms with E-state index in [2.05, 4.69) is 15.5 Å². The number of aromatic nitrogens is 2. The minimum Gasteiger partial charge on any atom is -0.349 e. The van der Waals surface area contributed by atoms with Gasteiger partial charge in [-0.1, -0.05) is 6.07 Å². The quantitative estimate of drug-likeness (QED) is 0.905. The molecule has 0 bridgehead atoms. The molecule has 1 aromatic heterocycles. The van der Waals surface area contributed by atoms with Crippen molar-refractivity contribution in [3.05, 3.63) is 52.3 Å². The molecule has 2 aromatic rings. The van der Waals surface area contributed by atoms with Gasteiger partial charge in [-0.2, -0.15) is 18.3 Å². The molecular weight excluding hydrogens is 307 g/mol. The van der Waals surface area contributed by atoms with Crippen LogP contribution < -0.4 is 5.32 Å². The molecule has 4 nitrogen and oxygen atoms in total. The molecule has 2 N–H and O–H groups in total. The molecule has 1 atom stereocenters. The Bertz CT molecular complexity index is 707. The van der Waals surface area contributed by atoms with E-state index in [1.54, 1.807) is 13.8 Å². The number of nitrogens with one attached hydrogen (secondary N) is 2. The van der Waals surface area contributed by atoms with Gasteiger partial charge < -0.3 is 5.32 Å². The number of rotatable bonds is 4. The van der Waals surface area contributed by atoms with E-state index in [1.165, 1.54) is 6.07 Å². The van der Waals surface area contributed by atoms with Crippen molar-refractivity contribution in [2.75, 3.05) is 0 Å². The van der Waals surface area contributed by atoms with Gasteiger partial charge in [-0.15, -0.1) is 0 Å². The Hall–Kier alpha value is -2.31. The number of amides is 1. The van der Waals surface area contributed by atoms with Crippen LogP contribution >= 0.6 is 0 Å². The highest BCUT2D eigenvalue weighted by atomic mass is 19.4. The van der Waals surface area contributed by atoms with Crippen LogP contribution in [0.25, 0.3) is 0 Å². The lowest BCUT2D eigenvalue weighted by atomic mass is 10.0. The molecule has 0 saturated heterocycles. The Morgan fingerprint density at radius 3 is 2.57 bits per heavy atom. The normalized spacial score (nSPS) is 13.0. The zero-order chi connectivity index (χ0) is 17.2. The van der Waals surface area contributed by atoms with Crippen LogP contribution in [-0.4, -0.2) is 22.1 Å². The molecule has 0 aliphatic carbocycles. The summed E-state index contributed by atoms with van der Waals surface area (Å²) in [5.74, 6) is -0.520. The Labute approximate surface area is 132 Å². The molecule has 124 valence electrons. The number of nitrogens with zero attached hydrogens (tertiary/aromatic N) is 1. The van der Waals surface area contributed by atoms with Crippen molar-refractivity contribution < 1.29 is 18.0 Å². The van der Waals surface area contributed by atoms with Gasteiger partial charge in [-0.25, -0.2) is 0 Å². The summed E-state index contributed by atoms with van der Waals surface area (Å²) in [4.78, 5) is 12.2. The molecule has 0 saturated carbocycles. The third-order valence-corrected chi connectivity index (χ3v) is 3.46. The molecule has 7 heteroatoms. The fourth-order valence-electron chi connectivity index (χ4n) is 2.29. The largest absolute Gasteiger partial charge is 0.416 e. The van der Waals surface area contributed by atoms with E-state index in [1.807, 2.05) is 13.0 Å². The predicted molar refractivity (Wildman–Crippen MR) is 80.1 cm³/mol. The zero-order valence-corrected chi connectivity index (χ0v) is 13.1. The number of halogens is 3. The molecule has 0 spiro atoms. The Kier molecular flexibility index (Phi) is 4.77. The Morgan fingerprint density at radius 1 is 1.30 bits per heavy atom. The topological polar surface area (TPSA) is 57.8 Å². The lowest BCUT2D eigenvalue weighted by Gasteiger charge is -2.15. The molecule has 0 aliphatic heterocycles. The summed E-state index contributed by atoms with van der Waals surface area (Å²) < 4.78 is 38.3. The second-order valence-electron chi connectivity index (χ2n) is 5.65. The lowest BCUT2D eigenvalue weighted by molar-refractivity contribution is -0.137. The molecule has 1 amide bonds. The van der Waals surface area contributed by atoms with E-state index >= 15 is 0 Å². The molecule has 0 fully saturated rings. The molecule has 0 unspecified atom stereocenters. The first kappa shape index (κ1) is 17.1.